The van der Waals surface area contributed by atoms with Crippen LogP contribution in [0, 0.1) is 0 Å². The van der Waals surface area contributed by atoms with Gasteiger partial charge in [-0.15, -0.1) is 0 Å². The Balaban J connectivity index is 1.97. The van der Waals surface area contributed by atoms with Crippen LogP contribution in [0.3, 0.4) is 0 Å². The molecule has 0 unspecified atom stereocenters. The van der Waals surface area contributed by atoms with Gasteiger partial charge in [0, 0.05) is 12.1 Å². The molecule has 0 aliphatic rings. The minimum absolute atomic E-state index is 0.00954. The molecule has 0 fully saturated rings. The number of nitrogens with one attached hydrogen (secondary N) is 3. The molecule has 0 aromatic heterocycles. The van der Waals surface area contributed by atoms with Crippen LogP contribution in [-0.4, -0.2) is 30.1 Å². The van der Waals surface area contributed by atoms with Crippen LogP contribution in [0.2, 0.25) is 0 Å². The van der Waals surface area contributed by atoms with Gasteiger partial charge in [0.25, 0.3) is 5.91 Å². The van der Waals surface area contributed by atoms with E-state index >= 15 is 0 Å². The third kappa shape index (κ3) is 6.51. The average molecular weight is 398 g/mol. The summed E-state index contributed by atoms with van der Waals surface area (Å²) in [6, 6.07) is 14.3. The van der Waals surface area contributed by atoms with Crippen molar-refractivity contribution in [2.24, 2.45) is 0 Å². The number of amides is 2. The summed E-state index contributed by atoms with van der Waals surface area (Å²) in [5.41, 5.74) is 1.82. The molecule has 2 rings (SSSR count). The van der Waals surface area contributed by atoms with Gasteiger partial charge in [0.2, 0.25) is 5.91 Å². The molecular weight excluding hydrogens is 374 g/mol. The van der Waals surface area contributed by atoms with E-state index in [1.165, 1.54) is 6.08 Å². The van der Waals surface area contributed by atoms with E-state index in [2.05, 4.69) is 16.0 Å². The van der Waals surface area contributed by atoms with E-state index in [0.29, 0.717) is 11.3 Å². The minimum Gasteiger partial charge on any atom is -0.497 e. The fourth-order valence-electron chi connectivity index (χ4n) is 2.32. The predicted molar refractivity (Wildman–Crippen MR) is 115 cm³/mol. The van der Waals surface area contributed by atoms with Crippen molar-refractivity contribution in [1.29, 1.82) is 0 Å². The Morgan fingerprint density at radius 3 is 2.39 bits per heavy atom. The lowest BCUT2D eigenvalue weighted by atomic mass is 10.1. The highest BCUT2D eigenvalue weighted by atomic mass is 32.1. The second-order valence-corrected chi connectivity index (χ2v) is 6.63. The molecule has 0 aliphatic carbocycles. The van der Waals surface area contributed by atoms with Crippen molar-refractivity contribution >= 4 is 40.9 Å². The Kier molecular flexibility index (Phi) is 7.71. The number of thiocarbonyl (C=S) groups is 1. The molecule has 0 radical (unpaired) electrons. The molecule has 0 heterocycles. The standard InChI is InChI=1S/C21H23N3O3S/c1-14(2)22-20(26)17-6-4-5-7-18(17)23-21(28)24-19(25)13-10-15-8-11-16(27-3)12-9-15/h4-14H,1-3H3,(H,22,26)(H2,23,24,25,28). The van der Waals surface area contributed by atoms with Gasteiger partial charge in [-0.05, 0) is 62.0 Å². The van der Waals surface area contributed by atoms with Gasteiger partial charge < -0.3 is 15.4 Å². The Hall–Kier alpha value is -3.19. The Morgan fingerprint density at radius 2 is 1.75 bits per heavy atom. The number of carbonyl (C=O) groups excluding carboxylic acids is 2. The molecule has 2 amide bonds. The van der Waals surface area contributed by atoms with Crippen LogP contribution in [0.25, 0.3) is 6.08 Å². The fourth-order valence-corrected chi connectivity index (χ4v) is 2.53. The summed E-state index contributed by atoms with van der Waals surface area (Å²) < 4.78 is 5.09. The van der Waals surface area contributed by atoms with Gasteiger partial charge in [0.15, 0.2) is 5.11 Å². The van der Waals surface area contributed by atoms with Crippen molar-refractivity contribution in [2.75, 3.05) is 12.4 Å². The van der Waals surface area contributed by atoms with Crippen LogP contribution in [0.1, 0.15) is 29.8 Å². The first-order valence-corrected chi connectivity index (χ1v) is 9.14. The van der Waals surface area contributed by atoms with Crippen LogP contribution >= 0.6 is 12.2 Å². The molecule has 0 saturated heterocycles. The zero-order valence-electron chi connectivity index (χ0n) is 16.0. The molecule has 2 aromatic rings. The number of methoxy groups -OCH3 is 1. The van der Waals surface area contributed by atoms with Crippen LogP contribution in [0.5, 0.6) is 5.75 Å². The van der Waals surface area contributed by atoms with E-state index < -0.39 is 0 Å². The highest BCUT2D eigenvalue weighted by Gasteiger charge is 2.13. The summed E-state index contributed by atoms with van der Waals surface area (Å²) in [7, 11) is 1.59. The quantitative estimate of drug-likeness (QED) is 0.515. The lowest BCUT2D eigenvalue weighted by Gasteiger charge is -2.14. The van der Waals surface area contributed by atoms with Crippen molar-refractivity contribution in [3.8, 4) is 5.75 Å². The lowest BCUT2D eigenvalue weighted by Crippen LogP contribution is -2.34. The Bertz CT molecular complexity index is 877. The molecule has 6 nitrogen and oxygen atoms in total. The normalized spacial score (nSPS) is 10.6. The smallest absolute Gasteiger partial charge is 0.253 e. The number of benzene rings is 2. The molecule has 7 heteroatoms. The lowest BCUT2D eigenvalue weighted by molar-refractivity contribution is -0.115. The molecule has 146 valence electrons. The minimum atomic E-state index is -0.377. The Morgan fingerprint density at radius 1 is 1.07 bits per heavy atom. The number of hydrogen-bond donors (Lipinski definition) is 3. The van der Waals surface area contributed by atoms with Gasteiger partial charge in [0.1, 0.15) is 5.75 Å². The van der Waals surface area contributed by atoms with Crippen molar-refractivity contribution in [3.63, 3.8) is 0 Å². The number of rotatable bonds is 6. The molecule has 0 saturated carbocycles. The monoisotopic (exact) mass is 397 g/mol. The first-order valence-electron chi connectivity index (χ1n) is 8.73. The van der Waals surface area contributed by atoms with Gasteiger partial charge in [-0.3, -0.25) is 14.9 Å². The van der Waals surface area contributed by atoms with Crippen molar-refractivity contribution in [2.45, 2.75) is 19.9 Å². The summed E-state index contributed by atoms with van der Waals surface area (Å²) >= 11 is 5.18. The molecular formula is C21H23N3O3S. The maximum Gasteiger partial charge on any atom is 0.253 e. The summed E-state index contributed by atoms with van der Waals surface area (Å²) in [6.45, 7) is 3.77. The van der Waals surface area contributed by atoms with E-state index in [9.17, 15) is 9.59 Å². The van der Waals surface area contributed by atoms with Crippen molar-refractivity contribution < 1.29 is 14.3 Å². The van der Waals surface area contributed by atoms with Crippen LogP contribution in [-0.2, 0) is 4.79 Å². The first kappa shape index (κ1) is 21.1. The molecule has 0 aliphatic heterocycles. The number of hydrogen-bond acceptors (Lipinski definition) is 4. The fraction of sp³-hybridized carbons (Fsp3) is 0.190. The second kappa shape index (κ2) is 10.2. The maximum absolute atomic E-state index is 12.3. The van der Waals surface area contributed by atoms with Crippen LogP contribution < -0.4 is 20.7 Å². The van der Waals surface area contributed by atoms with Crippen LogP contribution in [0.15, 0.2) is 54.6 Å². The Labute approximate surface area is 170 Å². The molecule has 0 atom stereocenters. The summed E-state index contributed by atoms with van der Waals surface area (Å²) in [6.07, 6.45) is 3.05. The molecule has 3 N–H and O–H groups in total. The third-order valence-corrected chi connectivity index (χ3v) is 3.82. The molecule has 28 heavy (non-hydrogen) atoms. The zero-order valence-corrected chi connectivity index (χ0v) is 16.8. The summed E-state index contributed by atoms with van der Waals surface area (Å²) in [4.78, 5) is 24.4. The third-order valence-electron chi connectivity index (χ3n) is 3.62. The predicted octanol–water partition coefficient (Wildman–Crippen LogP) is 3.36. The number of anilines is 1. The highest BCUT2D eigenvalue weighted by molar-refractivity contribution is 7.80. The highest BCUT2D eigenvalue weighted by Crippen LogP contribution is 2.15. The summed E-state index contributed by atoms with van der Waals surface area (Å²) in [5.74, 6) is 0.149. The van der Waals surface area contributed by atoms with E-state index in [4.69, 9.17) is 17.0 Å². The maximum atomic E-state index is 12.3. The van der Waals surface area contributed by atoms with Crippen LogP contribution in [0.4, 0.5) is 5.69 Å². The topological polar surface area (TPSA) is 79.5 Å². The number of ether oxygens (including phenoxy) is 1. The van der Waals surface area contributed by atoms with Gasteiger partial charge in [-0.25, -0.2) is 0 Å². The van der Waals surface area contributed by atoms with E-state index in [1.807, 2.05) is 38.1 Å². The first-order chi connectivity index (χ1) is 13.4. The van der Waals surface area contributed by atoms with Gasteiger partial charge in [-0.1, -0.05) is 24.3 Å². The molecule has 0 bridgehead atoms. The zero-order chi connectivity index (χ0) is 20.5. The SMILES string of the molecule is COc1ccc(C=CC(=O)NC(=S)Nc2ccccc2C(=O)NC(C)C)cc1. The van der Waals surface area contributed by atoms with Crippen molar-refractivity contribution in [3.05, 3.63) is 65.7 Å². The van der Waals surface area contributed by atoms with E-state index in [-0.39, 0.29) is 23.0 Å². The van der Waals surface area contributed by atoms with Crippen molar-refractivity contribution in [1.82, 2.24) is 10.6 Å². The number of para-hydroxylation sites is 1. The van der Waals surface area contributed by atoms with Gasteiger partial charge >= 0.3 is 0 Å². The van der Waals surface area contributed by atoms with Gasteiger partial charge in [0.05, 0.1) is 18.4 Å². The molecule has 0 spiro atoms. The van der Waals surface area contributed by atoms with E-state index in [1.54, 1.807) is 37.5 Å². The number of carbonyl (C=O) groups is 2. The average Bonchev–Trinajstić information content (AvgIpc) is 2.66. The second-order valence-electron chi connectivity index (χ2n) is 6.22. The molecule has 2 aromatic carbocycles. The largest absolute Gasteiger partial charge is 0.497 e. The summed E-state index contributed by atoms with van der Waals surface area (Å²) in [5, 5.41) is 8.40. The van der Waals surface area contributed by atoms with Gasteiger partial charge in [-0.2, -0.15) is 0 Å². The van der Waals surface area contributed by atoms with E-state index in [0.717, 1.165) is 11.3 Å².